The molecule has 2 aromatic rings. The summed E-state index contributed by atoms with van der Waals surface area (Å²) in [5.41, 5.74) is 5.63. The SMILES string of the molecule is C[C@H](CO)c1ccc(-n2nnnc2C(F)(F)F)cc1C(N)=O. The molecule has 1 amide bonds. The fourth-order valence-corrected chi connectivity index (χ4v) is 1.96. The Hall–Kier alpha value is -2.49. The Morgan fingerprint density at radius 2 is 2.14 bits per heavy atom. The van der Waals surface area contributed by atoms with Crippen molar-refractivity contribution in [1.82, 2.24) is 20.2 Å². The van der Waals surface area contributed by atoms with E-state index < -0.39 is 23.8 Å². The number of primary amides is 1. The highest BCUT2D eigenvalue weighted by Gasteiger charge is 2.38. The Kier molecular flexibility index (Phi) is 4.13. The molecule has 7 nitrogen and oxygen atoms in total. The minimum atomic E-state index is -4.74. The number of hydrogen-bond acceptors (Lipinski definition) is 5. The molecule has 2 rings (SSSR count). The monoisotopic (exact) mass is 315 g/mol. The van der Waals surface area contributed by atoms with E-state index in [4.69, 9.17) is 10.8 Å². The fraction of sp³-hybridized carbons (Fsp3) is 0.333. The molecule has 0 fully saturated rings. The zero-order chi connectivity index (χ0) is 16.5. The minimum Gasteiger partial charge on any atom is -0.396 e. The molecule has 1 heterocycles. The molecule has 1 aromatic carbocycles. The second-order valence-electron chi connectivity index (χ2n) is 4.63. The summed E-state index contributed by atoms with van der Waals surface area (Å²) in [5.74, 6) is -2.53. The van der Waals surface area contributed by atoms with Gasteiger partial charge in [0.2, 0.25) is 5.91 Å². The highest BCUT2D eigenvalue weighted by molar-refractivity contribution is 5.95. The van der Waals surface area contributed by atoms with Gasteiger partial charge in [0.15, 0.2) is 0 Å². The summed E-state index contributed by atoms with van der Waals surface area (Å²) in [6.07, 6.45) is -4.74. The Balaban J connectivity index is 2.57. The number of nitrogens with two attached hydrogens (primary N) is 1. The van der Waals surface area contributed by atoms with Gasteiger partial charge in [0.25, 0.3) is 5.82 Å². The first-order valence-electron chi connectivity index (χ1n) is 6.16. The van der Waals surface area contributed by atoms with Gasteiger partial charge in [0, 0.05) is 18.1 Å². The smallest absolute Gasteiger partial charge is 0.396 e. The Morgan fingerprint density at radius 3 is 2.68 bits per heavy atom. The summed E-state index contributed by atoms with van der Waals surface area (Å²) in [6, 6.07) is 3.90. The lowest BCUT2D eigenvalue weighted by molar-refractivity contribution is -0.146. The van der Waals surface area contributed by atoms with Crippen LogP contribution in [0.5, 0.6) is 0 Å². The lowest BCUT2D eigenvalue weighted by Crippen LogP contribution is -2.18. The van der Waals surface area contributed by atoms with Crippen molar-refractivity contribution in [1.29, 1.82) is 0 Å². The first-order valence-corrected chi connectivity index (χ1v) is 6.16. The number of aromatic nitrogens is 4. The Morgan fingerprint density at radius 1 is 1.45 bits per heavy atom. The first-order chi connectivity index (χ1) is 10.3. The van der Waals surface area contributed by atoms with E-state index in [2.05, 4.69) is 15.5 Å². The quantitative estimate of drug-likeness (QED) is 0.871. The van der Waals surface area contributed by atoms with E-state index in [1.165, 1.54) is 12.1 Å². The maximum atomic E-state index is 12.8. The molecule has 0 aliphatic carbocycles. The minimum absolute atomic E-state index is 0.00248. The van der Waals surface area contributed by atoms with Crippen LogP contribution in [-0.2, 0) is 6.18 Å². The highest BCUT2D eigenvalue weighted by Crippen LogP contribution is 2.29. The van der Waals surface area contributed by atoms with E-state index >= 15 is 0 Å². The number of nitrogens with zero attached hydrogens (tertiary/aromatic N) is 4. The van der Waals surface area contributed by atoms with Gasteiger partial charge in [-0.2, -0.15) is 17.9 Å². The van der Waals surface area contributed by atoms with E-state index in [0.717, 1.165) is 6.07 Å². The van der Waals surface area contributed by atoms with Gasteiger partial charge in [-0.05, 0) is 28.1 Å². The van der Waals surface area contributed by atoms with Crippen LogP contribution in [0.25, 0.3) is 5.69 Å². The van der Waals surface area contributed by atoms with Crippen LogP contribution in [0.2, 0.25) is 0 Å². The number of rotatable bonds is 4. The van der Waals surface area contributed by atoms with E-state index in [1.54, 1.807) is 6.92 Å². The van der Waals surface area contributed by atoms with Crippen LogP contribution in [-0.4, -0.2) is 37.8 Å². The summed E-state index contributed by atoms with van der Waals surface area (Å²) < 4.78 is 38.9. The molecule has 0 unspecified atom stereocenters. The second kappa shape index (κ2) is 5.72. The zero-order valence-electron chi connectivity index (χ0n) is 11.4. The maximum Gasteiger partial charge on any atom is 0.453 e. The van der Waals surface area contributed by atoms with Crippen molar-refractivity contribution in [3.05, 3.63) is 35.2 Å². The molecule has 1 aromatic heterocycles. The van der Waals surface area contributed by atoms with Crippen molar-refractivity contribution in [2.24, 2.45) is 5.73 Å². The number of aliphatic hydroxyl groups is 1. The van der Waals surface area contributed by atoms with Crippen LogP contribution in [0.3, 0.4) is 0 Å². The zero-order valence-corrected chi connectivity index (χ0v) is 11.4. The van der Waals surface area contributed by atoms with Crippen molar-refractivity contribution in [2.75, 3.05) is 6.61 Å². The van der Waals surface area contributed by atoms with E-state index in [-0.39, 0.29) is 17.9 Å². The summed E-state index contributed by atoms with van der Waals surface area (Å²) in [6.45, 7) is 1.41. The summed E-state index contributed by atoms with van der Waals surface area (Å²) in [4.78, 5) is 11.5. The molecular formula is C12H12F3N5O2. The molecule has 22 heavy (non-hydrogen) atoms. The molecule has 0 aliphatic rings. The van der Waals surface area contributed by atoms with Crippen LogP contribution in [0.1, 0.15) is 34.6 Å². The number of aliphatic hydroxyl groups excluding tert-OH is 1. The van der Waals surface area contributed by atoms with Crippen molar-refractivity contribution < 1.29 is 23.1 Å². The number of amides is 1. The molecule has 1 atom stereocenters. The standard InChI is InChI=1S/C12H12F3N5O2/c1-6(5-21)8-3-2-7(4-9(8)10(16)22)20-11(12(13,14)15)17-18-19-20/h2-4,6,21H,5H2,1H3,(H2,16,22)/t6-/m1/s1. The average Bonchev–Trinajstić information content (AvgIpc) is 2.95. The summed E-state index contributed by atoms with van der Waals surface area (Å²) in [7, 11) is 0. The largest absolute Gasteiger partial charge is 0.453 e. The third kappa shape index (κ3) is 2.91. The lowest BCUT2D eigenvalue weighted by atomic mass is 9.95. The third-order valence-electron chi connectivity index (χ3n) is 3.07. The van der Waals surface area contributed by atoms with Gasteiger partial charge < -0.3 is 10.8 Å². The molecule has 118 valence electrons. The molecule has 0 saturated heterocycles. The van der Waals surface area contributed by atoms with Gasteiger partial charge in [0.05, 0.1) is 5.69 Å². The number of carbonyl (C=O) groups excluding carboxylic acids is 1. The van der Waals surface area contributed by atoms with Crippen LogP contribution >= 0.6 is 0 Å². The number of halogens is 3. The van der Waals surface area contributed by atoms with Crippen LogP contribution in [0.15, 0.2) is 18.2 Å². The Bertz CT molecular complexity index is 698. The lowest BCUT2D eigenvalue weighted by Gasteiger charge is -2.14. The van der Waals surface area contributed by atoms with Crippen molar-refractivity contribution >= 4 is 5.91 Å². The Labute approximate surface area is 122 Å². The molecule has 0 radical (unpaired) electrons. The molecule has 0 spiro atoms. The average molecular weight is 315 g/mol. The van der Waals surface area contributed by atoms with Gasteiger partial charge in [-0.15, -0.1) is 5.10 Å². The van der Waals surface area contributed by atoms with Crippen LogP contribution in [0, 0.1) is 0 Å². The second-order valence-corrected chi connectivity index (χ2v) is 4.63. The van der Waals surface area contributed by atoms with E-state index in [9.17, 15) is 18.0 Å². The number of hydrogen-bond donors (Lipinski definition) is 2. The van der Waals surface area contributed by atoms with Gasteiger partial charge in [-0.3, -0.25) is 4.79 Å². The third-order valence-corrected chi connectivity index (χ3v) is 3.07. The number of carbonyl (C=O) groups is 1. The van der Waals surface area contributed by atoms with E-state index in [0.29, 0.717) is 10.2 Å². The van der Waals surface area contributed by atoms with Crippen molar-refractivity contribution in [2.45, 2.75) is 19.0 Å². The predicted octanol–water partition coefficient (Wildman–Crippen LogP) is 0.876. The van der Waals surface area contributed by atoms with Gasteiger partial charge >= 0.3 is 6.18 Å². The number of benzene rings is 1. The molecule has 3 N–H and O–H groups in total. The van der Waals surface area contributed by atoms with Crippen molar-refractivity contribution in [3.8, 4) is 5.69 Å². The molecule has 0 bridgehead atoms. The highest BCUT2D eigenvalue weighted by atomic mass is 19.4. The molecule has 10 heteroatoms. The first kappa shape index (κ1) is 15.9. The number of alkyl halides is 3. The fourth-order valence-electron chi connectivity index (χ4n) is 1.96. The molecular weight excluding hydrogens is 303 g/mol. The number of tetrazole rings is 1. The van der Waals surface area contributed by atoms with Gasteiger partial charge in [0.1, 0.15) is 0 Å². The maximum absolute atomic E-state index is 12.8. The predicted molar refractivity (Wildman–Crippen MR) is 68.2 cm³/mol. The molecule has 0 saturated carbocycles. The summed E-state index contributed by atoms with van der Waals surface area (Å²) >= 11 is 0. The van der Waals surface area contributed by atoms with Crippen molar-refractivity contribution in [3.63, 3.8) is 0 Å². The summed E-state index contributed by atoms with van der Waals surface area (Å²) in [5, 5.41) is 18.4. The van der Waals surface area contributed by atoms with Gasteiger partial charge in [-0.1, -0.05) is 13.0 Å². The van der Waals surface area contributed by atoms with Crippen LogP contribution in [0.4, 0.5) is 13.2 Å². The van der Waals surface area contributed by atoms with Gasteiger partial charge in [-0.25, -0.2) is 0 Å². The van der Waals surface area contributed by atoms with E-state index in [1.807, 2.05) is 0 Å². The normalized spacial score (nSPS) is 13.1. The topological polar surface area (TPSA) is 107 Å². The van der Waals surface area contributed by atoms with Crippen LogP contribution < -0.4 is 5.73 Å². The molecule has 0 aliphatic heterocycles.